The third-order valence-corrected chi connectivity index (χ3v) is 4.15. The molecule has 0 saturated heterocycles. The number of anilines is 1. The van der Waals surface area contributed by atoms with E-state index in [0.29, 0.717) is 22.7 Å². The first-order valence-electron chi connectivity index (χ1n) is 7.25. The topological polar surface area (TPSA) is 64.4 Å². The number of nitrogens with zero attached hydrogens (tertiary/aromatic N) is 1. The Labute approximate surface area is 142 Å². The average Bonchev–Trinajstić information content (AvgIpc) is 3.21. The molecule has 0 spiro atoms. The number of carbonyl (C=O) groups is 1. The van der Waals surface area contributed by atoms with Crippen LogP contribution < -0.4 is 5.32 Å². The number of carbonyl (C=O) groups excluding carboxylic acids is 1. The number of aromatic nitrogens is 1. The van der Waals surface area contributed by atoms with Gasteiger partial charge in [0.2, 0.25) is 5.91 Å². The van der Waals surface area contributed by atoms with Gasteiger partial charge in [0.15, 0.2) is 5.76 Å². The molecule has 0 atom stereocenters. The summed E-state index contributed by atoms with van der Waals surface area (Å²) in [6, 6.07) is 9.83. The third-order valence-electron chi connectivity index (χ3n) is 3.27. The number of hydrogen-bond acceptors (Lipinski definition) is 5. The van der Waals surface area contributed by atoms with Crippen molar-refractivity contribution in [2.45, 2.75) is 13.5 Å². The van der Waals surface area contributed by atoms with E-state index in [9.17, 15) is 9.18 Å². The molecule has 0 fully saturated rings. The summed E-state index contributed by atoms with van der Waals surface area (Å²) >= 11 is 1.56. The third kappa shape index (κ3) is 4.06. The highest BCUT2D eigenvalue weighted by Crippen LogP contribution is 2.25. The lowest BCUT2D eigenvalue weighted by Crippen LogP contribution is -2.18. The van der Waals surface area contributed by atoms with E-state index in [-0.39, 0.29) is 24.9 Å². The molecule has 2 aromatic heterocycles. The van der Waals surface area contributed by atoms with Gasteiger partial charge in [-0.3, -0.25) is 4.79 Å². The van der Waals surface area contributed by atoms with Gasteiger partial charge >= 0.3 is 0 Å². The molecular formula is C17H15FN2O3S. The quantitative estimate of drug-likeness (QED) is 0.732. The van der Waals surface area contributed by atoms with E-state index in [1.165, 1.54) is 18.2 Å². The molecule has 3 rings (SSSR count). The fourth-order valence-corrected chi connectivity index (χ4v) is 2.79. The van der Waals surface area contributed by atoms with Gasteiger partial charge in [0.1, 0.15) is 18.1 Å². The Kier molecular flexibility index (Phi) is 5.02. The van der Waals surface area contributed by atoms with Crippen LogP contribution >= 0.6 is 11.3 Å². The Morgan fingerprint density at radius 2 is 2.25 bits per heavy atom. The van der Waals surface area contributed by atoms with Gasteiger partial charge in [-0.05, 0) is 42.1 Å². The summed E-state index contributed by atoms with van der Waals surface area (Å²) < 4.78 is 23.6. The zero-order chi connectivity index (χ0) is 16.9. The van der Waals surface area contributed by atoms with Crippen molar-refractivity contribution in [3.8, 4) is 10.6 Å². The highest BCUT2D eigenvalue weighted by Gasteiger charge is 2.09. The fourth-order valence-electron chi connectivity index (χ4n) is 2.12. The summed E-state index contributed by atoms with van der Waals surface area (Å²) in [6.07, 6.45) is 0. The zero-order valence-electron chi connectivity index (χ0n) is 12.9. The van der Waals surface area contributed by atoms with Gasteiger partial charge in [-0.1, -0.05) is 11.2 Å². The molecule has 1 N–H and O–H groups in total. The van der Waals surface area contributed by atoms with E-state index in [2.05, 4.69) is 10.5 Å². The maximum atomic E-state index is 13.0. The Balaban J connectivity index is 1.48. The molecule has 24 heavy (non-hydrogen) atoms. The predicted octanol–water partition coefficient (Wildman–Crippen LogP) is 4.01. The van der Waals surface area contributed by atoms with Crippen LogP contribution in [0, 0.1) is 12.7 Å². The van der Waals surface area contributed by atoms with Crippen LogP contribution in [-0.4, -0.2) is 17.7 Å². The van der Waals surface area contributed by atoms with Gasteiger partial charge in [0, 0.05) is 11.8 Å². The van der Waals surface area contributed by atoms with Gasteiger partial charge in [-0.15, -0.1) is 11.3 Å². The van der Waals surface area contributed by atoms with Crippen molar-refractivity contribution in [3.05, 3.63) is 58.9 Å². The minimum absolute atomic E-state index is 0.127. The van der Waals surface area contributed by atoms with Gasteiger partial charge in [-0.25, -0.2) is 4.39 Å². The molecule has 0 saturated carbocycles. The molecule has 0 aliphatic heterocycles. The Morgan fingerprint density at radius 3 is 3.00 bits per heavy atom. The molecule has 5 nitrogen and oxygen atoms in total. The molecule has 2 heterocycles. The molecule has 1 aromatic carbocycles. The van der Waals surface area contributed by atoms with E-state index < -0.39 is 0 Å². The van der Waals surface area contributed by atoms with Crippen molar-refractivity contribution in [3.63, 3.8) is 0 Å². The largest absolute Gasteiger partial charge is 0.365 e. The van der Waals surface area contributed by atoms with Gasteiger partial charge in [0.05, 0.1) is 11.5 Å². The minimum atomic E-state index is -0.339. The normalized spacial score (nSPS) is 10.8. The first-order valence-corrected chi connectivity index (χ1v) is 8.13. The number of hydrogen-bond donors (Lipinski definition) is 1. The molecule has 0 aliphatic carbocycles. The lowest BCUT2D eigenvalue weighted by Gasteiger charge is -2.08. The number of benzene rings is 1. The number of halogens is 1. The van der Waals surface area contributed by atoms with Crippen molar-refractivity contribution in [1.29, 1.82) is 0 Å². The number of thiophene rings is 1. The van der Waals surface area contributed by atoms with E-state index in [0.717, 1.165) is 4.88 Å². The van der Waals surface area contributed by atoms with Crippen LogP contribution in [0.15, 0.2) is 46.3 Å². The molecule has 0 aliphatic rings. The van der Waals surface area contributed by atoms with Crippen molar-refractivity contribution < 1.29 is 18.4 Å². The Morgan fingerprint density at radius 1 is 1.38 bits per heavy atom. The zero-order valence-corrected chi connectivity index (χ0v) is 13.7. The van der Waals surface area contributed by atoms with Crippen molar-refractivity contribution in [2.24, 2.45) is 0 Å². The Hall–Kier alpha value is -2.51. The highest BCUT2D eigenvalue weighted by atomic mass is 32.1. The second-order valence-electron chi connectivity index (χ2n) is 5.16. The fraction of sp³-hybridized carbons (Fsp3) is 0.176. The average molecular weight is 346 g/mol. The highest BCUT2D eigenvalue weighted by molar-refractivity contribution is 7.13. The molecule has 7 heteroatoms. The second-order valence-corrected chi connectivity index (χ2v) is 6.11. The van der Waals surface area contributed by atoms with Gasteiger partial charge < -0.3 is 14.6 Å². The molecule has 0 radical (unpaired) electrons. The maximum absolute atomic E-state index is 13.0. The lowest BCUT2D eigenvalue weighted by atomic mass is 10.2. The van der Waals surface area contributed by atoms with Crippen LogP contribution in [0.1, 0.15) is 11.3 Å². The molecule has 124 valence electrons. The second kappa shape index (κ2) is 7.37. The van der Waals surface area contributed by atoms with E-state index in [1.54, 1.807) is 24.3 Å². The molecular weight excluding hydrogens is 331 g/mol. The summed E-state index contributed by atoms with van der Waals surface area (Å²) in [5.41, 5.74) is 1.83. The van der Waals surface area contributed by atoms with E-state index in [1.807, 2.05) is 17.5 Å². The van der Waals surface area contributed by atoms with Crippen molar-refractivity contribution in [2.75, 3.05) is 11.9 Å². The molecule has 0 unspecified atom stereocenters. The number of amides is 1. The van der Waals surface area contributed by atoms with E-state index >= 15 is 0 Å². The van der Waals surface area contributed by atoms with Gasteiger partial charge in [-0.2, -0.15) is 0 Å². The monoisotopic (exact) mass is 346 g/mol. The molecule has 3 aromatic rings. The summed E-state index contributed by atoms with van der Waals surface area (Å²) in [7, 11) is 0. The predicted molar refractivity (Wildman–Crippen MR) is 89.2 cm³/mol. The lowest BCUT2D eigenvalue weighted by molar-refractivity contribution is -0.121. The van der Waals surface area contributed by atoms with E-state index in [4.69, 9.17) is 9.26 Å². The number of aryl methyl sites for hydroxylation is 1. The first-order chi connectivity index (χ1) is 11.6. The Bertz CT molecular complexity index is 830. The van der Waals surface area contributed by atoms with Gasteiger partial charge in [0.25, 0.3) is 0 Å². The summed E-state index contributed by atoms with van der Waals surface area (Å²) in [5, 5.41) is 8.54. The van der Waals surface area contributed by atoms with Crippen LogP contribution in [-0.2, 0) is 16.1 Å². The molecule has 0 bridgehead atoms. The summed E-state index contributed by atoms with van der Waals surface area (Å²) in [6.45, 7) is 1.77. The van der Waals surface area contributed by atoms with Crippen LogP contribution in [0.5, 0.6) is 0 Å². The SMILES string of the molecule is Cc1cc(F)ccc1NC(=O)COCc1cc(-c2cccs2)on1. The van der Waals surface area contributed by atoms with Crippen LogP contribution in [0.25, 0.3) is 10.6 Å². The maximum Gasteiger partial charge on any atom is 0.250 e. The van der Waals surface area contributed by atoms with Crippen molar-refractivity contribution in [1.82, 2.24) is 5.16 Å². The number of ether oxygens (including phenoxy) is 1. The van der Waals surface area contributed by atoms with Crippen LogP contribution in [0.4, 0.5) is 10.1 Å². The smallest absolute Gasteiger partial charge is 0.250 e. The van der Waals surface area contributed by atoms with Crippen LogP contribution in [0.2, 0.25) is 0 Å². The summed E-state index contributed by atoms with van der Waals surface area (Å²) in [5.74, 6) is 0.0241. The van der Waals surface area contributed by atoms with Crippen molar-refractivity contribution >= 4 is 22.9 Å². The first kappa shape index (κ1) is 16.4. The molecule has 1 amide bonds. The number of rotatable bonds is 6. The van der Waals surface area contributed by atoms with Crippen LogP contribution in [0.3, 0.4) is 0 Å². The standard InChI is InChI=1S/C17H15FN2O3S/c1-11-7-12(18)4-5-14(11)19-17(21)10-22-9-13-8-15(23-20-13)16-3-2-6-24-16/h2-8H,9-10H2,1H3,(H,19,21). The minimum Gasteiger partial charge on any atom is -0.365 e. The number of nitrogens with one attached hydrogen (secondary N) is 1. The summed E-state index contributed by atoms with van der Waals surface area (Å²) in [4.78, 5) is 12.8.